The van der Waals surface area contributed by atoms with Gasteiger partial charge in [0.05, 0.1) is 12.3 Å². The van der Waals surface area contributed by atoms with Crippen molar-refractivity contribution >= 4 is 6.09 Å². The van der Waals surface area contributed by atoms with E-state index in [2.05, 4.69) is 4.98 Å². The lowest BCUT2D eigenvalue weighted by Gasteiger charge is -2.18. The quantitative estimate of drug-likeness (QED) is 0.942. The Morgan fingerprint density at radius 2 is 2.09 bits per heavy atom. The first-order valence-corrected chi connectivity index (χ1v) is 7.83. The van der Waals surface area contributed by atoms with Gasteiger partial charge in [-0.25, -0.2) is 9.78 Å². The molecule has 2 heterocycles. The third-order valence-corrected chi connectivity index (χ3v) is 4.79. The fourth-order valence-electron chi connectivity index (χ4n) is 3.76. The van der Waals surface area contributed by atoms with Crippen LogP contribution in [0.5, 0.6) is 5.75 Å². The lowest BCUT2D eigenvalue weighted by Crippen LogP contribution is -2.29. The molecule has 23 heavy (non-hydrogen) atoms. The van der Waals surface area contributed by atoms with Crippen molar-refractivity contribution in [2.75, 3.05) is 13.1 Å². The highest BCUT2D eigenvalue weighted by Gasteiger charge is 2.43. The molecule has 2 fully saturated rings. The standard InChI is InChI=1S/C17H18N2O4/c20-17(21)19-9-12-7-15(8-13(12)10-19)23-14-3-1-2-11(6-14)16-18-4-5-22-16/h1-6,12-13,15H,7-10H2,(H,20,21)/t12-,13-/m1/s1. The maximum Gasteiger partial charge on any atom is 0.407 e. The van der Waals surface area contributed by atoms with E-state index in [1.54, 1.807) is 12.5 Å². The van der Waals surface area contributed by atoms with E-state index < -0.39 is 6.09 Å². The van der Waals surface area contributed by atoms with Gasteiger partial charge >= 0.3 is 6.09 Å². The molecule has 2 aromatic rings. The molecule has 0 unspecified atom stereocenters. The lowest BCUT2D eigenvalue weighted by atomic mass is 10.0. The van der Waals surface area contributed by atoms with Gasteiger partial charge in [0.25, 0.3) is 0 Å². The molecule has 6 heteroatoms. The first-order chi connectivity index (χ1) is 11.2. The zero-order valence-corrected chi connectivity index (χ0v) is 12.6. The van der Waals surface area contributed by atoms with E-state index in [-0.39, 0.29) is 6.10 Å². The zero-order chi connectivity index (χ0) is 15.8. The number of benzene rings is 1. The maximum absolute atomic E-state index is 11.0. The van der Waals surface area contributed by atoms with Crippen molar-refractivity contribution in [1.82, 2.24) is 9.88 Å². The second-order valence-corrected chi connectivity index (χ2v) is 6.28. The molecule has 1 N–H and O–H groups in total. The van der Waals surface area contributed by atoms with Crippen LogP contribution in [0.25, 0.3) is 11.5 Å². The summed E-state index contributed by atoms with van der Waals surface area (Å²) in [6, 6.07) is 7.73. The topological polar surface area (TPSA) is 75.8 Å². The number of aromatic nitrogens is 1. The third kappa shape index (κ3) is 2.76. The van der Waals surface area contributed by atoms with E-state index in [0.29, 0.717) is 30.8 Å². The average Bonchev–Trinajstić information content (AvgIpc) is 3.23. The molecule has 4 rings (SSSR count). The van der Waals surface area contributed by atoms with Crippen LogP contribution < -0.4 is 4.74 Å². The number of carbonyl (C=O) groups is 1. The Kier molecular flexibility index (Phi) is 3.44. The summed E-state index contributed by atoms with van der Waals surface area (Å²) < 4.78 is 11.4. The van der Waals surface area contributed by atoms with Crippen LogP contribution in [0.3, 0.4) is 0 Å². The van der Waals surface area contributed by atoms with Gasteiger partial charge in [-0.2, -0.15) is 0 Å². The molecule has 0 bridgehead atoms. The number of oxazole rings is 1. The smallest absolute Gasteiger partial charge is 0.407 e. The van der Waals surface area contributed by atoms with Gasteiger partial charge in [0.1, 0.15) is 12.0 Å². The maximum atomic E-state index is 11.0. The van der Waals surface area contributed by atoms with Gasteiger partial charge in [0.2, 0.25) is 5.89 Å². The first-order valence-electron chi connectivity index (χ1n) is 7.83. The molecule has 1 amide bonds. The van der Waals surface area contributed by atoms with Gasteiger partial charge in [0, 0.05) is 18.7 Å². The van der Waals surface area contributed by atoms with E-state index in [9.17, 15) is 4.79 Å². The first kappa shape index (κ1) is 14.1. The Hall–Kier alpha value is -2.50. The molecule has 0 spiro atoms. The summed E-state index contributed by atoms with van der Waals surface area (Å²) in [6.07, 6.45) is 4.34. The summed E-state index contributed by atoms with van der Waals surface area (Å²) in [5.74, 6) is 2.23. The molecule has 1 aliphatic heterocycles. The monoisotopic (exact) mass is 314 g/mol. The Labute approximate surface area is 133 Å². The second-order valence-electron chi connectivity index (χ2n) is 6.28. The minimum atomic E-state index is -0.810. The van der Waals surface area contributed by atoms with E-state index >= 15 is 0 Å². The number of amides is 1. The number of carboxylic acid groups (broad SMARTS) is 1. The predicted molar refractivity (Wildman–Crippen MR) is 82.2 cm³/mol. The predicted octanol–water partition coefficient (Wildman–Crippen LogP) is 3.11. The van der Waals surface area contributed by atoms with Crippen molar-refractivity contribution in [3.8, 4) is 17.2 Å². The minimum absolute atomic E-state index is 0.153. The van der Waals surface area contributed by atoms with Crippen LogP contribution in [0.4, 0.5) is 4.79 Å². The summed E-state index contributed by atoms with van der Waals surface area (Å²) >= 11 is 0. The van der Waals surface area contributed by atoms with Gasteiger partial charge in [-0.1, -0.05) is 6.07 Å². The van der Waals surface area contributed by atoms with Crippen LogP contribution >= 0.6 is 0 Å². The summed E-state index contributed by atoms with van der Waals surface area (Å²) in [7, 11) is 0. The van der Waals surface area contributed by atoms with Gasteiger partial charge < -0.3 is 19.2 Å². The molecule has 1 aromatic heterocycles. The number of hydrogen-bond donors (Lipinski definition) is 1. The van der Waals surface area contributed by atoms with Crippen LogP contribution in [0.1, 0.15) is 12.8 Å². The fraction of sp³-hybridized carbons (Fsp3) is 0.412. The van der Waals surface area contributed by atoms with Crippen LogP contribution in [-0.2, 0) is 0 Å². The van der Waals surface area contributed by atoms with Crippen molar-refractivity contribution in [2.24, 2.45) is 11.8 Å². The van der Waals surface area contributed by atoms with Crippen LogP contribution in [-0.4, -0.2) is 40.3 Å². The molecule has 1 saturated heterocycles. The highest BCUT2D eigenvalue weighted by Crippen LogP contribution is 2.40. The Morgan fingerprint density at radius 3 is 2.74 bits per heavy atom. The number of rotatable bonds is 3. The van der Waals surface area contributed by atoms with E-state index in [4.69, 9.17) is 14.3 Å². The Morgan fingerprint density at radius 1 is 1.30 bits per heavy atom. The van der Waals surface area contributed by atoms with Crippen LogP contribution in [0, 0.1) is 11.8 Å². The zero-order valence-electron chi connectivity index (χ0n) is 12.6. The van der Waals surface area contributed by atoms with Gasteiger partial charge in [-0.15, -0.1) is 0 Å². The molecule has 2 aliphatic rings. The van der Waals surface area contributed by atoms with Crippen molar-refractivity contribution in [2.45, 2.75) is 18.9 Å². The molecule has 2 atom stereocenters. The molecule has 1 aliphatic carbocycles. The highest BCUT2D eigenvalue weighted by molar-refractivity contribution is 5.65. The summed E-state index contributed by atoms with van der Waals surface area (Å²) in [4.78, 5) is 16.7. The highest BCUT2D eigenvalue weighted by atomic mass is 16.5. The van der Waals surface area contributed by atoms with Crippen molar-refractivity contribution in [3.05, 3.63) is 36.7 Å². The summed E-state index contributed by atoms with van der Waals surface area (Å²) in [6.45, 7) is 1.27. The number of fused-ring (bicyclic) bond motifs is 1. The molecule has 1 saturated carbocycles. The Balaban J connectivity index is 1.41. The number of likely N-dealkylation sites (tertiary alicyclic amines) is 1. The average molecular weight is 314 g/mol. The van der Waals surface area contributed by atoms with E-state index in [1.807, 2.05) is 24.3 Å². The molecular formula is C17H18N2O4. The van der Waals surface area contributed by atoms with E-state index in [1.165, 1.54) is 4.90 Å². The normalized spacial score (nSPS) is 23.9. The molecule has 120 valence electrons. The van der Waals surface area contributed by atoms with Crippen molar-refractivity contribution in [1.29, 1.82) is 0 Å². The second kappa shape index (κ2) is 5.61. The molecule has 1 aromatic carbocycles. The van der Waals surface area contributed by atoms with Crippen molar-refractivity contribution in [3.63, 3.8) is 0 Å². The lowest BCUT2D eigenvalue weighted by molar-refractivity contribution is 0.144. The molecular weight excluding hydrogens is 296 g/mol. The third-order valence-electron chi connectivity index (χ3n) is 4.79. The van der Waals surface area contributed by atoms with Gasteiger partial charge in [-0.05, 0) is 42.9 Å². The van der Waals surface area contributed by atoms with Crippen molar-refractivity contribution < 1.29 is 19.1 Å². The van der Waals surface area contributed by atoms with E-state index in [0.717, 1.165) is 24.2 Å². The molecule has 0 radical (unpaired) electrons. The van der Waals surface area contributed by atoms with Crippen LogP contribution in [0.15, 0.2) is 41.1 Å². The minimum Gasteiger partial charge on any atom is -0.490 e. The van der Waals surface area contributed by atoms with Gasteiger partial charge in [0.15, 0.2) is 0 Å². The Bertz CT molecular complexity index is 686. The van der Waals surface area contributed by atoms with Crippen LogP contribution in [0.2, 0.25) is 0 Å². The van der Waals surface area contributed by atoms with Gasteiger partial charge in [-0.3, -0.25) is 0 Å². The number of nitrogens with zero attached hydrogens (tertiary/aromatic N) is 2. The number of ether oxygens (including phenoxy) is 1. The number of hydrogen-bond acceptors (Lipinski definition) is 4. The molecule has 6 nitrogen and oxygen atoms in total. The largest absolute Gasteiger partial charge is 0.490 e. The summed E-state index contributed by atoms with van der Waals surface area (Å²) in [5.41, 5.74) is 0.891. The SMILES string of the molecule is O=C(O)N1C[C@H]2CC(Oc3cccc(-c4ncco4)c3)C[C@@H]2C1. The fourth-order valence-corrected chi connectivity index (χ4v) is 3.76. The summed E-state index contributed by atoms with van der Waals surface area (Å²) in [5, 5.41) is 9.07.